The lowest BCUT2D eigenvalue weighted by atomic mass is 9.88. The Labute approximate surface area is 187 Å². The van der Waals surface area contributed by atoms with Crippen molar-refractivity contribution in [2.24, 2.45) is 5.92 Å². The van der Waals surface area contributed by atoms with Gasteiger partial charge in [-0.2, -0.15) is 0 Å². The Morgan fingerprint density at radius 2 is 1.50 bits per heavy atom. The number of amides is 3. The number of hydrogen-bond donors (Lipinski definition) is 1. The number of carbonyl (C=O) groups is 3. The van der Waals surface area contributed by atoms with Gasteiger partial charge in [0.25, 0.3) is 11.8 Å². The van der Waals surface area contributed by atoms with Crippen LogP contribution in [0.3, 0.4) is 0 Å². The van der Waals surface area contributed by atoms with E-state index >= 15 is 0 Å². The molecule has 0 saturated carbocycles. The number of benzene rings is 2. The largest absolute Gasteiger partial charge is 0.341 e. The van der Waals surface area contributed by atoms with Crippen molar-refractivity contribution in [2.75, 3.05) is 26.2 Å². The molecule has 0 radical (unpaired) electrons. The van der Waals surface area contributed by atoms with Gasteiger partial charge in [0.2, 0.25) is 5.91 Å². The zero-order valence-electron chi connectivity index (χ0n) is 18.0. The van der Waals surface area contributed by atoms with E-state index in [1.54, 1.807) is 35.2 Å². The van der Waals surface area contributed by atoms with Crippen LogP contribution in [0.2, 0.25) is 0 Å². The summed E-state index contributed by atoms with van der Waals surface area (Å²) in [7, 11) is 0. The van der Waals surface area contributed by atoms with Gasteiger partial charge in [-0.1, -0.05) is 24.3 Å². The minimum Gasteiger partial charge on any atom is -0.341 e. The molecule has 1 atom stereocenters. The molecule has 0 aliphatic carbocycles. The van der Waals surface area contributed by atoms with Crippen molar-refractivity contribution in [3.05, 3.63) is 71.5 Å². The number of piperidine rings is 1. The molecule has 2 aromatic carbocycles. The zero-order chi connectivity index (χ0) is 22.5. The van der Waals surface area contributed by atoms with Gasteiger partial charge in [-0.25, -0.2) is 4.39 Å². The number of carbonyl (C=O) groups excluding carboxylic acids is 3. The summed E-state index contributed by atoms with van der Waals surface area (Å²) in [4.78, 5) is 42.4. The first-order chi connectivity index (χ1) is 15.5. The smallest absolute Gasteiger partial charge is 0.253 e. The molecule has 2 aliphatic rings. The topological polar surface area (TPSA) is 69.7 Å². The minimum atomic E-state index is -0.618. The second kappa shape index (κ2) is 9.94. The van der Waals surface area contributed by atoms with Crippen LogP contribution < -0.4 is 5.32 Å². The third-order valence-electron chi connectivity index (χ3n) is 6.38. The van der Waals surface area contributed by atoms with Crippen LogP contribution in [0.4, 0.5) is 4.39 Å². The van der Waals surface area contributed by atoms with Crippen LogP contribution in [-0.2, 0) is 4.79 Å². The Morgan fingerprint density at radius 1 is 0.844 bits per heavy atom. The molecule has 2 fully saturated rings. The fourth-order valence-electron chi connectivity index (χ4n) is 4.57. The van der Waals surface area contributed by atoms with Gasteiger partial charge in [-0.3, -0.25) is 14.4 Å². The van der Waals surface area contributed by atoms with Gasteiger partial charge in [0, 0.05) is 37.3 Å². The van der Waals surface area contributed by atoms with Crippen LogP contribution >= 0.6 is 0 Å². The fourth-order valence-corrected chi connectivity index (χ4v) is 4.57. The first-order valence-corrected chi connectivity index (χ1v) is 11.2. The summed E-state index contributed by atoms with van der Waals surface area (Å²) in [6.07, 6.45) is 3.15. The van der Waals surface area contributed by atoms with Gasteiger partial charge >= 0.3 is 0 Å². The Hall–Kier alpha value is -3.22. The molecular weight excluding hydrogens is 409 g/mol. The van der Waals surface area contributed by atoms with E-state index in [-0.39, 0.29) is 23.6 Å². The molecule has 0 spiro atoms. The number of rotatable bonds is 5. The van der Waals surface area contributed by atoms with Gasteiger partial charge in [0.1, 0.15) is 11.9 Å². The molecule has 1 unspecified atom stereocenters. The van der Waals surface area contributed by atoms with Gasteiger partial charge in [-0.05, 0) is 61.9 Å². The van der Waals surface area contributed by atoms with Crippen LogP contribution in [0.25, 0.3) is 0 Å². The first-order valence-electron chi connectivity index (χ1n) is 11.2. The number of nitrogens with one attached hydrogen (secondary N) is 1. The number of hydrogen-bond acceptors (Lipinski definition) is 3. The molecule has 6 nitrogen and oxygen atoms in total. The molecule has 168 valence electrons. The van der Waals surface area contributed by atoms with Crippen molar-refractivity contribution >= 4 is 17.7 Å². The predicted octanol–water partition coefficient (Wildman–Crippen LogP) is 3.10. The molecule has 3 amide bonds. The van der Waals surface area contributed by atoms with Crippen molar-refractivity contribution in [1.29, 1.82) is 0 Å². The maximum Gasteiger partial charge on any atom is 0.253 e. The summed E-state index contributed by atoms with van der Waals surface area (Å²) in [6, 6.07) is 14.0. The Bertz CT molecular complexity index is 967. The van der Waals surface area contributed by atoms with E-state index in [1.807, 2.05) is 11.0 Å². The summed E-state index contributed by atoms with van der Waals surface area (Å²) in [5.41, 5.74) is 0.843. The molecular formula is C25H28FN3O3. The Balaban J connectivity index is 1.45. The molecule has 2 aromatic rings. The molecule has 4 rings (SSSR count). The molecule has 2 saturated heterocycles. The van der Waals surface area contributed by atoms with Crippen molar-refractivity contribution < 1.29 is 18.8 Å². The quantitative estimate of drug-likeness (QED) is 0.782. The normalized spacial score (nSPS) is 17.8. The Kier molecular flexibility index (Phi) is 6.83. The summed E-state index contributed by atoms with van der Waals surface area (Å²) in [5.74, 6) is -1.01. The van der Waals surface area contributed by atoms with E-state index in [4.69, 9.17) is 0 Å². The highest BCUT2D eigenvalue weighted by Gasteiger charge is 2.37. The summed E-state index contributed by atoms with van der Waals surface area (Å²) in [5, 5.41) is 2.98. The van der Waals surface area contributed by atoms with Crippen molar-refractivity contribution in [3.63, 3.8) is 0 Å². The monoisotopic (exact) mass is 437 g/mol. The van der Waals surface area contributed by atoms with Gasteiger partial charge in [0.15, 0.2) is 0 Å². The van der Waals surface area contributed by atoms with Gasteiger partial charge in [-0.15, -0.1) is 0 Å². The third-order valence-corrected chi connectivity index (χ3v) is 6.38. The lowest BCUT2D eigenvalue weighted by molar-refractivity contribution is -0.134. The van der Waals surface area contributed by atoms with Crippen molar-refractivity contribution in [3.8, 4) is 0 Å². The maximum absolute atomic E-state index is 13.5. The highest BCUT2D eigenvalue weighted by Crippen LogP contribution is 2.25. The van der Waals surface area contributed by atoms with E-state index in [0.717, 1.165) is 12.8 Å². The van der Waals surface area contributed by atoms with Crippen LogP contribution in [0.15, 0.2) is 54.6 Å². The lowest BCUT2D eigenvalue weighted by Gasteiger charge is -2.37. The molecule has 0 aromatic heterocycles. The van der Waals surface area contributed by atoms with E-state index in [2.05, 4.69) is 5.32 Å². The van der Waals surface area contributed by atoms with Crippen molar-refractivity contribution in [2.45, 2.75) is 31.7 Å². The summed E-state index contributed by atoms with van der Waals surface area (Å²) in [6.45, 7) is 2.36. The average Bonchev–Trinajstić information content (AvgIpc) is 3.37. The minimum absolute atomic E-state index is 0.0401. The SMILES string of the molecule is O=C(NC(C(=O)N1CCCC1)C1CCN(C(=O)c2cccc(F)c2)CC1)c1ccccc1. The van der Waals surface area contributed by atoms with Crippen LogP contribution in [0.5, 0.6) is 0 Å². The summed E-state index contributed by atoms with van der Waals surface area (Å²) < 4.78 is 13.5. The Morgan fingerprint density at radius 3 is 2.16 bits per heavy atom. The molecule has 2 heterocycles. The van der Waals surface area contributed by atoms with E-state index in [0.29, 0.717) is 50.1 Å². The van der Waals surface area contributed by atoms with Gasteiger partial charge in [0.05, 0.1) is 0 Å². The highest BCUT2D eigenvalue weighted by molar-refractivity contribution is 5.97. The second-order valence-electron chi connectivity index (χ2n) is 8.49. The molecule has 0 bridgehead atoms. The van der Waals surface area contributed by atoms with E-state index in [1.165, 1.54) is 18.2 Å². The maximum atomic E-state index is 13.5. The zero-order valence-corrected chi connectivity index (χ0v) is 18.0. The summed E-state index contributed by atoms with van der Waals surface area (Å²) >= 11 is 0. The highest BCUT2D eigenvalue weighted by atomic mass is 19.1. The number of nitrogens with zero attached hydrogens (tertiary/aromatic N) is 2. The molecule has 32 heavy (non-hydrogen) atoms. The molecule has 7 heteroatoms. The van der Waals surface area contributed by atoms with Gasteiger partial charge < -0.3 is 15.1 Å². The average molecular weight is 438 g/mol. The lowest BCUT2D eigenvalue weighted by Crippen LogP contribution is -2.54. The molecule has 1 N–H and O–H groups in total. The van der Waals surface area contributed by atoms with Crippen LogP contribution in [-0.4, -0.2) is 59.7 Å². The number of likely N-dealkylation sites (tertiary alicyclic amines) is 2. The van der Waals surface area contributed by atoms with E-state index < -0.39 is 11.9 Å². The number of halogens is 1. The van der Waals surface area contributed by atoms with E-state index in [9.17, 15) is 18.8 Å². The molecule has 2 aliphatic heterocycles. The predicted molar refractivity (Wildman–Crippen MR) is 119 cm³/mol. The fraction of sp³-hybridized carbons (Fsp3) is 0.400. The standard InChI is InChI=1S/C25H28FN3O3/c26-21-10-6-9-20(17-21)24(31)29-15-11-18(12-16-29)22(25(32)28-13-4-5-14-28)27-23(30)19-7-2-1-3-8-19/h1-3,6-10,17-18,22H,4-5,11-16H2,(H,27,30). The van der Waals surface area contributed by atoms with Crippen molar-refractivity contribution in [1.82, 2.24) is 15.1 Å². The third kappa shape index (κ3) is 4.98. The van der Waals surface area contributed by atoms with Crippen LogP contribution in [0.1, 0.15) is 46.4 Å². The second-order valence-corrected chi connectivity index (χ2v) is 8.49. The van der Waals surface area contributed by atoms with Crippen LogP contribution in [0, 0.1) is 11.7 Å². The first kappa shape index (κ1) is 22.0.